The Kier molecular flexibility index (Phi) is 5.56. The van der Waals surface area contributed by atoms with E-state index in [1.807, 2.05) is 0 Å². The van der Waals surface area contributed by atoms with E-state index >= 15 is 0 Å². The van der Waals surface area contributed by atoms with Crippen molar-refractivity contribution in [3.63, 3.8) is 0 Å². The largest absolute Gasteiger partial charge is 0.493 e. The molecule has 0 saturated heterocycles. The van der Waals surface area contributed by atoms with E-state index in [0.717, 1.165) is 0 Å². The zero-order chi connectivity index (χ0) is 16.7. The zero-order valence-electron chi connectivity index (χ0n) is 12.9. The predicted octanol–water partition coefficient (Wildman–Crippen LogP) is 1.08. The summed E-state index contributed by atoms with van der Waals surface area (Å²) in [7, 11) is 3.02. The topological polar surface area (TPSA) is 94.5 Å². The van der Waals surface area contributed by atoms with Gasteiger partial charge in [0, 0.05) is 25.4 Å². The van der Waals surface area contributed by atoms with E-state index in [2.05, 4.69) is 15.6 Å². The maximum Gasteiger partial charge on any atom is 0.319 e. The lowest BCUT2D eigenvalue weighted by atomic mass is 10.2. The molecule has 8 heteroatoms. The number of carbonyl (C=O) groups excluding carboxylic acids is 1. The van der Waals surface area contributed by atoms with Crippen molar-refractivity contribution in [2.45, 2.75) is 6.54 Å². The molecule has 2 amide bonds. The Morgan fingerprint density at radius 3 is 2.78 bits per heavy atom. The van der Waals surface area contributed by atoms with Gasteiger partial charge >= 0.3 is 6.03 Å². The molecule has 0 radical (unpaired) electrons. The molecule has 0 aliphatic heterocycles. The van der Waals surface area contributed by atoms with Gasteiger partial charge in [0.15, 0.2) is 11.5 Å². The van der Waals surface area contributed by atoms with E-state index in [1.165, 1.54) is 37.4 Å². The van der Waals surface area contributed by atoms with Crippen LogP contribution >= 0.6 is 0 Å². The molecule has 0 saturated carbocycles. The number of nitrogens with zero attached hydrogens (tertiary/aromatic N) is 2. The van der Waals surface area contributed by atoms with Gasteiger partial charge < -0.3 is 20.1 Å². The second-order valence-corrected chi connectivity index (χ2v) is 4.53. The van der Waals surface area contributed by atoms with Crippen molar-refractivity contribution in [2.24, 2.45) is 0 Å². The molecule has 1 aromatic carbocycles. The van der Waals surface area contributed by atoms with Gasteiger partial charge in [-0.1, -0.05) is 6.07 Å². The highest BCUT2D eigenvalue weighted by molar-refractivity contribution is 5.91. The summed E-state index contributed by atoms with van der Waals surface area (Å²) in [5.74, 6) is 0.959. The minimum absolute atomic E-state index is 0.170. The Bertz CT molecular complexity index is 729. The first-order valence-electron chi connectivity index (χ1n) is 6.92. The standard InChI is InChI=1S/C15H18N4O4/c1-22-12-5-3-4-11(14(12)23-2)18-15(21)17-8-9-19-10-16-7-6-13(19)20/h3-7,10H,8-9H2,1-2H3,(H2,17,18,21). The first-order chi connectivity index (χ1) is 11.2. The van der Waals surface area contributed by atoms with Crippen molar-refractivity contribution in [1.29, 1.82) is 0 Å². The van der Waals surface area contributed by atoms with Crippen LogP contribution < -0.4 is 25.7 Å². The molecule has 2 rings (SSSR count). The molecule has 122 valence electrons. The van der Waals surface area contributed by atoms with Crippen LogP contribution in [0.2, 0.25) is 0 Å². The van der Waals surface area contributed by atoms with Crippen LogP contribution in [-0.4, -0.2) is 36.3 Å². The molecule has 2 aromatic rings. The summed E-state index contributed by atoms with van der Waals surface area (Å²) >= 11 is 0. The van der Waals surface area contributed by atoms with Crippen molar-refractivity contribution in [1.82, 2.24) is 14.9 Å². The van der Waals surface area contributed by atoms with Crippen molar-refractivity contribution in [3.8, 4) is 11.5 Å². The minimum atomic E-state index is -0.409. The summed E-state index contributed by atoms with van der Waals surface area (Å²) in [5, 5.41) is 5.34. The molecule has 0 fully saturated rings. The SMILES string of the molecule is COc1cccc(NC(=O)NCCn2cnccc2=O)c1OC. The number of hydrogen-bond donors (Lipinski definition) is 2. The van der Waals surface area contributed by atoms with Crippen molar-refractivity contribution in [2.75, 3.05) is 26.1 Å². The maximum absolute atomic E-state index is 11.9. The highest BCUT2D eigenvalue weighted by Gasteiger charge is 2.11. The molecule has 0 aliphatic rings. The molecule has 8 nitrogen and oxygen atoms in total. The number of hydrogen-bond acceptors (Lipinski definition) is 5. The smallest absolute Gasteiger partial charge is 0.319 e. The maximum atomic E-state index is 11.9. The van der Waals surface area contributed by atoms with Gasteiger partial charge in [0.25, 0.3) is 5.56 Å². The summed E-state index contributed by atoms with van der Waals surface area (Å²) < 4.78 is 11.8. The van der Waals surface area contributed by atoms with Gasteiger partial charge in [0.2, 0.25) is 0 Å². The highest BCUT2D eigenvalue weighted by Crippen LogP contribution is 2.34. The summed E-state index contributed by atoms with van der Waals surface area (Å²) in [6.45, 7) is 0.610. The number of methoxy groups -OCH3 is 2. The van der Waals surface area contributed by atoms with E-state index in [4.69, 9.17) is 9.47 Å². The van der Waals surface area contributed by atoms with Gasteiger partial charge in [-0.3, -0.25) is 9.36 Å². The number of anilines is 1. The Balaban J connectivity index is 1.93. The Morgan fingerprint density at radius 2 is 2.09 bits per heavy atom. The van der Waals surface area contributed by atoms with Crippen molar-refractivity contribution in [3.05, 3.63) is 47.1 Å². The van der Waals surface area contributed by atoms with Gasteiger partial charge in [0.05, 0.1) is 26.2 Å². The highest BCUT2D eigenvalue weighted by atomic mass is 16.5. The molecule has 0 spiro atoms. The van der Waals surface area contributed by atoms with Crippen LogP contribution in [-0.2, 0) is 6.54 Å². The number of benzene rings is 1. The monoisotopic (exact) mass is 318 g/mol. The van der Waals surface area contributed by atoms with Crippen LogP contribution in [0.5, 0.6) is 11.5 Å². The molecule has 1 aromatic heterocycles. The molecule has 0 unspecified atom stereocenters. The summed E-state index contributed by atoms with van der Waals surface area (Å²) in [6, 6.07) is 6.13. The summed E-state index contributed by atoms with van der Waals surface area (Å²) in [6.07, 6.45) is 2.85. The third kappa shape index (κ3) is 4.22. The van der Waals surface area contributed by atoms with E-state index in [-0.39, 0.29) is 12.1 Å². The van der Waals surface area contributed by atoms with Crippen molar-refractivity contribution >= 4 is 11.7 Å². The molecule has 23 heavy (non-hydrogen) atoms. The quantitative estimate of drug-likeness (QED) is 0.831. The van der Waals surface area contributed by atoms with E-state index < -0.39 is 6.03 Å². The molecule has 2 N–H and O–H groups in total. The number of amides is 2. The molecule has 1 heterocycles. The van der Waals surface area contributed by atoms with Gasteiger partial charge in [-0.25, -0.2) is 9.78 Å². The van der Waals surface area contributed by atoms with Crippen LogP contribution in [0.3, 0.4) is 0 Å². The van der Waals surface area contributed by atoms with Gasteiger partial charge in [-0.05, 0) is 12.1 Å². The van der Waals surface area contributed by atoms with Crippen LogP contribution in [0.25, 0.3) is 0 Å². The number of para-hydroxylation sites is 1. The lowest BCUT2D eigenvalue weighted by Gasteiger charge is -2.14. The van der Waals surface area contributed by atoms with Crippen molar-refractivity contribution < 1.29 is 14.3 Å². The fourth-order valence-electron chi connectivity index (χ4n) is 1.99. The van der Waals surface area contributed by atoms with Gasteiger partial charge in [-0.15, -0.1) is 0 Å². The second kappa shape index (κ2) is 7.83. The van der Waals surface area contributed by atoms with Gasteiger partial charge in [-0.2, -0.15) is 0 Å². The van der Waals surface area contributed by atoms with Crippen LogP contribution in [0.4, 0.5) is 10.5 Å². The number of carbonyl (C=O) groups is 1. The van der Waals surface area contributed by atoms with Crippen LogP contribution in [0.15, 0.2) is 41.6 Å². The van der Waals surface area contributed by atoms with Gasteiger partial charge in [0.1, 0.15) is 0 Å². The summed E-state index contributed by atoms with van der Waals surface area (Å²) in [5.41, 5.74) is 0.319. The number of nitrogens with one attached hydrogen (secondary N) is 2. The number of urea groups is 1. The molecule has 0 atom stereocenters. The Labute approximate surface area is 133 Å². The minimum Gasteiger partial charge on any atom is -0.493 e. The lowest BCUT2D eigenvalue weighted by Crippen LogP contribution is -2.33. The van der Waals surface area contributed by atoms with E-state index in [9.17, 15) is 9.59 Å². The third-order valence-electron chi connectivity index (χ3n) is 3.08. The first kappa shape index (κ1) is 16.3. The molecular formula is C15H18N4O4. The Hall–Kier alpha value is -3.03. The zero-order valence-corrected chi connectivity index (χ0v) is 12.9. The first-order valence-corrected chi connectivity index (χ1v) is 6.92. The number of ether oxygens (including phenoxy) is 2. The Morgan fingerprint density at radius 1 is 1.26 bits per heavy atom. The fraction of sp³-hybridized carbons (Fsp3) is 0.267. The molecule has 0 bridgehead atoms. The normalized spacial score (nSPS) is 10.0. The van der Waals surface area contributed by atoms with Crippen LogP contribution in [0.1, 0.15) is 0 Å². The average Bonchev–Trinajstić information content (AvgIpc) is 2.56. The average molecular weight is 318 g/mol. The number of rotatable bonds is 6. The lowest BCUT2D eigenvalue weighted by molar-refractivity contribution is 0.251. The summed E-state index contributed by atoms with van der Waals surface area (Å²) in [4.78, 5) is 27.3. The van der Waals surface area contributed by atoms with Crippen LogP contribution in [0, 0.1) is 0 Å². The number of aromatic nitrogens is 2. The van der Waals surface area contributed by atoms with E-state index in [0.29, 0.717) is 23.7 Å². The van der Waals surface area contributed by atoms with E-state index in [1.54, 1.807) is 18.2 Å². The fourth-order valence-corrected chi connectivity index (χ4v) is 1.99. The molecular weight excluding hydrogens is 300 g/mol. The molecule has 0 aliphatic carbocycles. The third-order valence-corrected chi connectivity index (χ3v) is 3.08. The second-order valence-electron chi connectivity index (χ2n) is 4.53. The predicted molar refractivity (Wildman–Crippen MR) is 85.1 cm³/mol.